The van der Waals surface area contributed by atoms with Crippen LogP contribution in [-0.4, -0.2) is 58.4 Å². The van der Waals surface area contributed by atoms with Gasteiger partial charge in [0.15, 0.2) is 5.82 Å². The molecule has 3 aliphatic rings. The first-order valence-corrected chi connectivity index (χ1v) is 14.6. The van der Waals surface area contributed by atoms with E-state index in [1.54, 1.807) is 6.07 Å². The molecule has 2 aliphatic heterocycles. The highest BCUT2D eigenvalue weighted by atomic mass is 19.1. The molecular formula is C31H37FN8O2. The van der Waals surface area contributed by atoms with Gasteiger partial charge >= 0.3 is 5.69 Å². The van der Waals surface area contributed by atoms with Gasteiger partial charge in [0, 0.05) is 56.1 Å². The lowest BCUT2D eigenvalue weighted by Crippen LogP contribution is -2.46. The molecule has 10 nitrogen and oxygen atoms in total. The van der Waals surface area contributed by atoms with Crippen LogP contribution in [0.15, 0.2) is 34.1 Å². The van der Waals surface area contributed by atoms with Gasteiger partial charge in [0.2, 0.25) is 0 Å². The van der Waals surface area contributed by atoms with Crippen molar-refractivity contribution in [3.63, 3.8) is 0 Å². The number of carbonyl (C=O) groups excluding carboxylic acids is 1. The number of nitrogens with zero attached hydrogens (tertiary/aromatic N) is 6. The number of carbonyl (C=O) groups is 1. The lowest BCUT2D eigenvalue weighted by molar-refractivity contribution is 0.0932. The minimum absolute atomic E-state index is 0.0557. The maximum absolute atomic E-state index is 15.6. The summed E-state index contributed by atoms with van der Waals surface area (Å²) in [5.74, 6) is -0.188. The van der Waals surface area contributed by atoms with Gasteiger partial charge in [0.1, 0.15) is 11.3 Å². The molecule has 0 spiro atoms. The second-order valence-electron chi connectivity index (χ2n) is 10.8. The molecule has 6 rings (SSSR count). The zero-order valence-electron chi connectivity index (χ0n) is 24.6. The number of rotatable bonds is 7. The van der Waals surface area contributed by atoms with Gasteiger partial charge in [-0.05, 0) is 56.5 Å². The highest BCUT2D eigenvalue weighted by Crippen LogP contribution is 2.39. The number of anilines is 2. The normalized spacial score (nSPS) is 16.7. The van der Waals surface area contributed by atoms with E-state index in [9.17, 15) is 9.59 Å². The first kappa shape index (κ1) is 29.2. The molecule has 1 aliphatic carbocycles. The predicted octanol–water partition coefficient (Wildman–Crippen LogP) is 4.47. The number of aromatic nitrogens is 2. The smallest absolute Gasteiger partial charge is 0.349 e. The molecule has 0 radical (unpaired) electrons. The lowest BCUT2D eigenvalue weighted by Gasteiger charge is -2.37. The first-order valence-electron chi connectivity index (χ1n) is 14.6. The molecule has 1 aromatic heterocycles. The molecule has 2 aromatic carbocycles. The Morgan fingerprint density at radius 2 is 1.93 bits per heavy atom. The molecule has 2 fully saturated rings. The third-order valence-corrected chi connectivity index (χ3v) is 8.17. The summed E-state index contributed by atoms with van der Waals surface area (Å²) in [5.41, 5.74) is 3.07. The van der Waals surface area contributed by atoms with E-state index in [1.807, 2.05) is 45.9 Å². The van der Waals surface area contributed by atoms with Gasteiger partial charge < -0.3 is 15.5 Å². The van der Waals surface area contributed by atoms with Crippen LogP contribution in [-0.2, 0) is 13.1 Å². The third kappa shape index (κ3) is 5.46. The number of nitrogens with one attached hydrogen (secondary N) is 2. The summed E-state index contributed by atoms with van der Waals surface area (Å²) in [6.07, 6.45) is 3.56. The van der Waals surface area contributed by atoms with Crippen molar-refractivity contribution in [2.45, 2.75) is 65.6 Å². The van der Waals surface area contributed by atoms with Gasteiger partial charge in [-0.1, -0.05) is 13.8 Å². The Kier molecular flexibility index (Phi) is 8.27. The van der Waals surface area contributed by atoms with Crippen LogP contribution < -0.4 is 21.2 Å². The number of hydrogen-bond donors (Lipinski definition) is 2. The topological polar surface area (TPSA) is 119 Å². The summed E-state index contributed by atoms with van der Waals surface area (Å²) in [5, 5.41) is 15.7. The number of nitriles is 1. The number of benzene rings is 2. The molecule has 11 heteroatoms. The van der Waals surface area contributed by atoms with Crippen LogP contribution in [0, 0.1) is 24.1 Å². The fourth-order valence-electron chi connectivity index (χ4n) is 5.72. The van der Waals surface area contributed by atoms with Crippen molar-refractivity contribution >= 4 is 40.3 Å². The molecule has 42 heavy (non-hydrogen) atoms. The van der Waals surface area contributed by atoms with Gasteiger partial charge in [-0.2, -0.15) is 10.2 Å². The highest BCUT2D eigenvalue weighted by molar-refractivity contribution is 6.06. The zero-order valence-corrected chi connectivity index (χ0v) is 24.6. The Morgan fingerprint density at radius 3 is 2.57 bits per heavy atom. The van der Waals surface area contributed by atoms with Crippen LogP contribution in [0.5, 0.6) is 0 Å². The Bertz CT molecular complexity index is 1650. The summed E-state index contributed by atoms with van der Waals surface area (Å²) >= 11 is 0. The molecule has 3 aromatic rings. The van der Waals surface area contributed by atoms with Crippen molar-refractivity contribution in [2.75, 3.05) is 36.4 Å². The van der Waals surface area contributed by atoms with Crippen molar-refractivity contribution in [1.29, 1.82) is 5.26 Å². The minimum Gasteiger partial charge on any atom is -0.369 e. The predicted molar refractivity (Wildman–Crippen MR) is 163 cm³/mol. The van der Waals surface area contributed by atoms with Crippen LogP contribution in [0.4, 0.5) is 21.6 Å². The fraction of sp³-hybridized carbons (Fsp3) is 0.452. The van der Waals surface area contributed by atoms with Gasteiger partial charge in [-0.3, -0.25) is 14.3 Å². The maximum atomic E-state index is 15.6. The van der Waals surface area contributed by atoms with Crippen molar-refractivity contribution in [3.8, 4) is 6.07 Å². The summed E-state index contributed by atoms with van der Waals surface area (Å²) in [4.78, 5) is 38.1. The fourth-order valence-corrected chi connectivity index (χ4v) is 5.72. The number of piperazine rings is 1. The summed E-state index contributed by atoms with van der Waals surface area (Å²) < 4.78 is 17.1. The van der Waals surface area contributed by atoms with Crippen LogP contribution in [0.25, 0.3) is 10.9 Å². The third-order valence-electron chi connectivity index (χ3n) is 8.17. The molecule has 0 bridgehead atoms. The molecule has 0 unspecified atom stereocenters. The lowest BCUT2D eigenvalue weighted by atomic mass is 10.1. The standard InChI is InChI=1S/C29H31FN8O2.C2H6/c1-3-38-26-23-21(32-17-33-26)15-20(24(30)25(23)34-28(38)40)16-36-10-12-37(13-11-36)22-5-4-19(14-18(22)2)27(39)35-29(6-7-29)8-9-31;1-2/h4-5,14-15,17H,3,6-8,10-13,16H2,1-2H3,(H,32,33)(H,35,39);1-2H3. The van der Waals surface area contributed by atoms with E-state index in [0.29, 0.717) is 47.5 Å². The number of aliphatic imine (C=N–C) groups is 1. The summed E-state index contributed by atoms with van der Waals surface area (Å²) in [7, 11) is 0. The molecule has 220 valence electrons. The molecular weight excluding hydrogens is 535 g/mol. The van der Waals surface area contributed by atoms with Crippen molar-refractivity contribution in [3.05, 3.63) is 57.3 Å². The molecule has 1 saturated carbocycles. The van der Waals surface area contributed by atoms with Crippen molar-refractivity contribution < 1.29 is 9.18 Å². The summed E-state index contributed by atoms with van der Waals surface area (Å²) in [6, 6.07) is 9.68. The van der Waals surface area contributed by atoms with E-state index >= 15 is 4.39 Å². The Labute approximate surface area is 244 Å². The van der Waals surface area contributed by atoms with E-state index in [2.05, 4.69) is 36.5 Å². The van der Waals surface area contributed by atoms with Gasteiger partial charge in [0.25, 0.3) is 5.91 Å². The quantitative estimate of drug-likeness (QED) is 0.429. The SMILES string of the molecule is CC.CCn1c2c3c(cc(CN4CCN(c5ccc(C(=O)NC6(CC#N)CC6)cc5C)CC4)c(F)c3nc1=O)NC=N2. The molecule has 1 amide bonds. The number of hydrogen-bond acceptors (Lipinski definition) is 8. The minimum atomic E-state index is -0.507. The number of halogens is 1. The second kappa shape index (κ2) is 11.9. The maximum Gasteiger partial charge on any atom is 0.349 e. The Morgan fingerprint density at radius 1 is 1.19 bits per heavy atom. The number of amides is 1. The van der Waals surface area contributed by atoms with Crippen LogP contribution in [0.1, 0.15) is 61.5 Å². The average molecular weight is 573 g/mol. The van der Waals surface area contributed by atoms with Gasteiger partial charge in [0.05, 0.1) is 35.4 Å². The van der Waals surface area contributed by atoms with E-state index in [-0.39, 0.29) is 17.0 Å². The van der Waals surface area contributed by atoms with E-state index in [4.69, 9.17) is 5.26 Å². The molecule has 1 saturated heterocycles. The van der Waals surface area contributed by atoms with E-state index in [1.165, 1.54) is 10.9 Å². The number of aryl methyl sites for hydroxylation is 1. The van der Waals surface area contributed by atoms with E-state index in [0.717, 1.165) is 50.3 Å². The largest absolute Gasteiger partial charge is 0.369 e. The van der Waals surface area contributed by atoms with Crippen molar-refractivity contribution in [1.82, 2.24) is 19.8 Å². The highest BCUT2D eigenvalue weighted by Gasteiger charge is 2.44. The van der Waals surface area contributed by atoms with Crippen LogP contribution >= 0.6 is 0 Å². The van der Waals surface area contributed by atoms with Gasteiger partial charge in [-0.25, -0.2) is 14.2 Å². The summed E-state index contributed by atoms with van der Waals surface area (Å²) in [6.45, 7) is 11.6. The second-order valence-corrected chi connectivity index (χ2v) is 10.8. The Balaban J connectivity index is 0.00000173. The van der Waals surface area contributed by atoms with Crippen molar-refractivity contribution in [2.24, 2.45) is 4.99 Å². The van der Waals surface area contributed by atoms with E-state index < -0.39 is 11.5 Å². The molecule has 3 heterocycles. The Hall–Kier alpha value is -4.30. The average Bonchev–Trinajstić information content (AvgIpc) is 3.75. The molecule has 0 atom stereocenters. The molecule has 2 N–H and O–H groups in total. The van der Waals surface area contributed by atoms with Crippen LogP contribution in [0.2, 0.25) is 0 Å². The van der Waals surface area contributed by atoms with Crippen LogP contribution in [0.3, 0.4) is 0 Å². The first-order chi connectivity index (χ1) is 20.3. The monoisotopic (exact) mass is 572 g/mol. The van der Waals surface area contributed by atoms with Gasteiger partial charge in [-0.15, -0.1) is 0 Å². The zero-order chi connectivity index (χ0) is 30.0.